The summed E-state index contributed by atoms with van der Waals surface area (Å²) in [5, 5.41) is 10.9. The lowest BCUT2D eigenvalue weighted by Crippen LogP contribution is -2.47. The molecule has 2 aliphatic rings. The van der Waals surface area contributed by atoms with Crippen LogP contribution in [0.1, 0.15) is 45.4 Å². The number of aromatic nitrogens is 2. The minimum atomic E-state index is 0.114. The Hall–Kier alpha value is -1.14. The number of likely N-dealkylation sites (tertiary alicyclic amines) is 1. The van der Waals surface area contributed by atoms with Gasteiger partial charge in [-0.1, -0.05) is 5.10 Å². The second kappa shape index (κ2) is 5.93. The first-order valence-corrected chi connectivity index (χ1v) is 8.02. The molecule has 0 bridgehead atoms. The van der Waals surface area contributed by atoms with Gasteiger partial charge in [0.15, 0.2) is 0 Å². The van der Waals surface area contributed by atoms with E-state index in [4.69, 9.17) is 9.15 Å². The zero-order valence-corrected chi connectivity index (χ0v) is 13.3. The number of aryl methyl sites for hydroxylation is 1. The minimum Gasteiger partial charge on any atom is -0.408 e. The Labute approximate surface area is 126 Å². The lowest BCUT2D eigenvalue weighted by Gasteiger charge is -2.40. The monoisotopic (exact) mass is 294 g/mol. The molecule has 6 heteroatoms. The molecular weight excluding hydrogens is 268 g/mol. The summed E-state index contributed by atoms with van der Waals surface area (Å²) in [5.74, 6) is 0.586. The fourth-order valence-electron chi connectivity index (χ4n) is 3.42. The Morgan fingerprint density at radius 2 is 2.05 bits per heavy atom. The van der Waals surface area contributed by atoms with E-state index < -0.39 is 0 Å². The van der Waals surface area contributed by atoms with Crippen molar-refractivity contribution in [2.45, 2.75) is 64.2 Å². The average Bonchev–Trinajstić information content (AvgIpc) is 3.04. The van der Waals surface area contributed by atoms with Crippen LogP contribution in [0.2, 0.25) is 0 Å². The van der Waals surface area contributed by atoms with Gasteiger partial charge in [0.2, 0.25) is 5.89 Å². The van der Waals surface area contributed by atoms with Gasteiger partial charge in [-0.3, -0.25) is 0 Å². The number of hydrogen-bond donors (Lipinski definition) is 1. The van der Waals surface area contributed by atoms with Crippen molar-refractivity contribution in [3.63, 3.8) is 0 Å². The predicted octanol–water partition coefficient (Wildman–Crippen LogP) is 2.21. The number of nitrogens with zero attached hydrogens (tertiary/aromatic N) is 3. The van der Waals surface area contributed by atoms with Crippen molar-refractivity contribution >= 4 is 6.01 Å². The SMILES string of the molecule is Cc1nnc(NC[C@H]2CCC3(CCN(C(C)C)CC3)O2)o1. The Kier molecular flexibility index (Phi) is 4.17. The third kappa shape index (κ3) is 3.37. The highest BCUT2D eigenvalue weighted by molar-refractivity contribution is 5.17. The maximum Gasteiger partial charge on any atom is 0.315 e. The van der Waals surface area contributed by atoms with Gasteiger partial charge >= 0.3 is 6.01 Å². The lowest BCUT2D eigenvalue weighted by molar-refractivity contribution is -0.0765. The largest absolute Gasteiger partial charge is 0.408 e. The molecule has 3 rings (SSSR count). The normalized spacial score (nSPS) is 25.8. The summed E-state index contributed by atoms with van der Waals surface area (Å²) in [6.45, 7) is 9.39. The molecular formula is C15H26N4O2. The van der Waals surface area contributed by atoms with Gasteiger partial charge in [-0.25, -0.2) is 0 Å². The summed E-state index contributed by atoms with van der Waals surface area (Å²) in [7, 11) is 0. The highest BCUT2D eigenvalue weighted by atomic mass is 16.5. The fourth-order valence-corrected chi connectivity index (χ4v) is 3.42. The van der Waals surface area contributed by atoms with E-state index in [1.807, 2.05) is 0 Å². The van der Waals surface area contributed by atoms with E-state index in [-0.39, 0.29) is 11.7 Å². The molecule has 1 aromatic rings. The molecule has 21 heavy (non-hydrogen) atoms. The number of ether oxygens (including phenoxy) is 1. The summed E-state index contributed by atoms with van der Waals surface area (Å²) in [4.78, 5) is 2.54. The van der Waals surface area contributed by atoms with Gasteiger partial charge in [-0.15, -0.1) is 5.10 Å². The smallest absolute Gasteiger partial charge is 0.315 e. The first-order valence-electron chi connectivity index (χ1n) is 8.02. The van der Waals surface area contributed by atoms with Crippen molar-refractivity contribution in [3.8, 4) is 0 Å². The summed E-state index contributed by atoms with van der Waals surface area (Å²) in [6.07, 6.45) is 4.85. The number of rotatable bonds is 4. The van der Waals surface area contributed by atoms with Crippen LogP contribution < -0.4 is 5.32 Å². The third-order valence-electron chi connectivity index (χ3n) is 4.79. The van der Waals surface area contributed by atoms with E-state index in [2.05, 4.69) is 34.3 Å². The van der Waals surface area contributed by atoms with Gasteiger partial charge in [0.1, 0.15) is 0 Å². The predicted molar refractivity (Wildman–Crippen MR) is 80.3 cm³/mol. The average molecular weight is 294 g/mol. The molecule has 2 aliphatic heterocycles. The number of anilines is 1. The zero-order valence-electron chi connectivity index (χ0n) is 13.3. The van der Waals surface area contributed by atoms with Gasteiger partial charge < -0.3 is 19.4 Å². The van der Waals surface area contributed by atoms with Crippen molar-refractivity contribution in [1.82, 2.24) is 15.1 Å². The van der Waals surface area contributed by atoms with Gasteiger partial charge in [-0.05, 0) is 39.5 Å². The van der Waals surface area contributed by atoms with Crippen LogP contribution >= 0.6 is 0 Å². The van der Waals surface area contributed by atoms with Crippen LogP contribution in [-0.4, -0.2) is 52.5 Å². The molecule has 0 unspecified atom stereocenters. The fraction of sp³-hybridized carbons (Fsp3) is 0.867. The van der Waals surface area contributed by atoms with E-state index in [9.17, 15) is 0 Å². The van der Waals surface area contributed by atoms with Crippen molar-refractivity contribution in [2.24, 2.45) is 0 Å². The topological polar surface area (TPSA) is 63.4 Å². The molecule has 3 heterocycles. The summed E-state index contributed by atoms with van der Waals surface area (Å²) in [5.41, 5.74) is 0.114. The van der Waals surface area contributed by atoms with Crippen molar-refractivity contribution in [1.29, 1.82) is 0 Å². The van der Waals surface area contributed by atoms with Crippen molar-refractivity contribution < 1.29 is 9.15 Å². The Bertz CT molecular complexity index is 466. The maximum absolute atomic E-state index is 6.37. The summed E-state index contributed by atoms with van der Waals surface area (Å²) >= 11 is 0. The van der Waals surface area contributed by atoms with Crippen LogP contribution in [0, 0.1) is 6.92 Å². The molecule has 2 fully saturated rings. The van der Waals surface area contributed by atoms with Crippen molar-refractivity contribution in [3.05, 3.63) is 5.89 Å². The molecule has 1 spiro atoms. The van der Waals surface area contributed by atoms with Crippen LogP contribution in [0.25, 0.3) is 0 Å². The van der Waals surface area contributed by atoms with E-state index in [0.29, 0.717) is 17.9 Å². The molecule has 6 nitrogen and oxygen atoms in total. The van der Waals surface area contributed by atoms with Crippen molar-refractivity contribution in [2.75, 3.05) is 25.0 Å². The quantitative estimate of drug-likeness (QED) is 0.918. The molecule has 1 N–H and O–H groups in total. The third-order valence-corrected chi connectivity index (χ3v) is 4.79. The van der Waals surface area contributed by atoms with Crippen LogP contribution in [0.3, 0.4) is 0 Å². The summed E-state index contributed by atoms with van der Waals surface area (Å²) < 4.78 is 11.7. The molecule has 0 aliphatic carbocycles. The van der Waals surface area contributed by atoms with E-state index >= 15 is 0 Å². The first-order chi connectivity index (χ1) is 10.1. The Balaban J connectivity index is 1.47. The van der Waals surface area contributed by atoms with Gasteiger partial charge in [0.05, 0.1) is 11.7 Å². The molecule has 0 aromatic carbocycles. The second-order valence-corrected chi connectivity index (χ2v) is 6.60. The van der Waals surface area contributed by atoms with Crippen LogP contribution in [0.5, 0.6) is 0 Å². The standard InChI is InChI=1S/C15H26N4O2/c1-11(2)19-8-6-15(7-9-19)5-4-13(21-15)10-16-14-18-17-12(3)20-14/h11,13H,4-10H2,1-3H3,(H,16,18)/t13-/m1/s1. The lowest BCUT2D eigenvalue weighted by atomic mass is 9.88. The van der Waals surface area contributed by atoms with Crippen LogP contribution in [-0.2, 0) is 4.74 Å². The highest BCUT2D eigenvalue weighted by Crippen LogP contribution is 2.39. The van der Waals surface area contributed by atoms with Gasteiger partial charge in [0.25, 0.3) is 0 Å². The molecule has 1 aromatic heterocycles. The molecule has 0 radical (unpaired) electrons. The molecule has 0 amide bonds. The molecule has 1 atom stereocenters. The number of nitrogens with one attached hydrogen (secondary N) is 1. The van der Waals surface area contributed by atoms with E-state index in [1.165, 1.54) is 6.42 Å². The van der Waals surface area contributed by atoms with Crippen LogP contribution in [0.15, 0.2) is 4.42 Å². The molecule has 118 valence electrons. The maximum atomic E-state index is 6.37. The molecule has 2 saturated heterocycles. The second-order valence-electron chi connectivity index (χ2n) is 6.60. The Morgan fingerprint density at radius 1 is 1.29 bits per heavy atom. The minimum absolute atomic E-state index is 0.114. The Morgan fingerprint density at radius 3 is 2.67 bits per heavy atom. The first kappa shape index (κ1) is 14.8. The number of hydrogen-bond acceptors (Lipinski definition) is 6. The molecule has 0 saturated carbocycles. The van der Waals surface area contributed by atoms with Gasteiger partial charge in [0, 0.05) is 32.6 Å². The highest BCUT2D eigenvalue weighted by Gasteiger charge is 2.42. The van der Waals surface area contributed by atoms with E-state index in [0.717, 1.165) is 38.9 Å². The van der Waals surface area contributed by atoms with Gasteiger partial charge in [-0.2, -0.15) is 0 Å². The van der Waals surface area contributed by atoms with Crippen LogP contribution in [0.4, 0.5) is 6.01 Å². The van der Waals surface area contributed by atoms with E-state index in [1.54, 1.807) is 6.92 Å². The summed E-state index contributed by atoms with van der Waals surface area (Å²) in [6, 6.07) is 1.13. The zero-order chi connectivity index (χ0) is 14.9. The number of piperidine rings is 1.